The minimum absolute atomic E-state index is 0.117. The molecule has 1 saturated heterocycles. The highest BCUT2D eigenvalue weighted by atomic mass is 28.4. The third-order valence-corrected chi connectivity index (χ3v) is 13.5. The molecule has 5 atom stereocenters. The Kier molecular flexibility index (Phi) is 9.98. The number of anilines is 1. The molecular formula is C39H46N6O7Si. The highest BCUT2D eigenvalue weighted by Crippen LogP contribution is 2.60. The summed E-state index contributed by atoms with van der Waals surface area (Å²) in [7, 11) is -1.60. The molecule has 2 aliphatic heterocycles. The molecule has 3 aromatic carbocycles. The summed E-state index contributed by atoms with van der Waals surface area (Å²) in [6.45, 7) is 6.41. The average molecular weight is 739 g/mol. The molecule has 1 unspecified atom stereocenters. The van der Waals surface area contributed by atoms with Crippen LogP contribution in [0.25, 0.3) is 16.6 Å². The zero-order valence-electron chi connectivity index (χ0n) is 30.4. The van der Waals surface area contributed by atoms with Crippen LogP contribution in [0.2, 0.25) is 18.6 Å². The molecule has 2 aromatic heterocycles. The van der Waals surface area contributed by atoms with E-state index in [-0.39, 0.29) is 41.9 Å². The first-order chi connectivity index (χ1) is 25.5. The number of carbonyl (C=O) groups excluding carboxylic acids is 2. The van der Waals surface area contributed by atoms with E-state index in [0.29, 0.717) is 65.9 Å². The zero-order chi connectivity index (χ0) is 37.5. The van der Waals surface area contributed by atoms with Gasteiger partial charge in [0.15, 0.2) is 13.9 Å². The Morgan fingerprint density at radius 2 is 1.81 bits per heavy atom. The maximum atomic E-state index is 14.9. The van der Waals surface area contributed by atoms with Crippen LogP contribution in [0.1, 0.15) is 55.3 Å². The minimum Gasteiger partial charge on any atom is -0.469 e. The lowest BCUT2D eigenvalue weighted by Gasteiger charge is -2.32. The van der Waals surface area contributed by atoms with Crippen molar-refractivity contribution in [2.24, 2.45) is 5.92 Å². The monoisotopic (exact) mass is 738 g/mol. The van der Waals surface area contributed by atoms with E-state index in [1.54, 1.807) is 15.6 Å². The summed E-state index contributed by atoms with van der Waals surface area (Å²) in [5, 5.41) is 22.7. The maximum absolute atomic E-state index is 14.9. The molecule has 0 radical (unpaired) electrons. The second kappa shape index (κ2) is 14.5. The van der Waals surface area contributed by atoms with Gasteiger partial charge in [0.25, 0.3) is 11.5 Å². The lowest BCUT2D eigenvalue weighted by molar-refractivity contribution is -0.146. The highest BCUT2D eigenvalue weighted by molar-refractivity contribution is 6.71. The second-order valence-corrected chi connectivity index (χ2v) is 18.7. The average Bonchev–Trinajstić information content (AvgIpc) is 3.89. The van der Waals surface area contributed by atoms with Crippen LogP contribution in [0.5, 0.6) is 0 Å². The number of ether oxygens (including phenoxy) is 2. The third-order valence-electron chi connectivity index (χ3n) is 11.0. The molecule has 0 bridgehead atoms. The predicted octanol–water partition coefficient (Wildman–Crippen LogP) is 4.61. The summed E-state index contributed by atoms with van der Waals surface area (Å²) in [6.07, 6.45) is 3.13. The van der Waals surface area contributed by atoms with E-state index in [1.165, 1.54) is 11.8 Å². The number of esters is 1. The number of hydrogen-bond acceptors (Lipinski definition) is 9. The number of fused-ring (bicyclic) bond motifs is 3. The Bertz CT molecular complexity index is 2180. The van der Waals surface area contributed by atoms with Gasteiger partial charge in [0.05, 0.1) is 53.7 Å². The molecule has 1 amide bonds. The van der Waals surface area contributed by atoms with Gasteiger partial charge in [-0.2, -0.15) is 0 Å². The third kappa shape index (κ3) is 6.53. The van der Waals surface area contributed by atoms with Crippen molar-refractivity contribution in [2.75, 3.05) is 25.2 Å². The first-order valence-electron chi connectivity index (χ1n) is 18.2. The van der Waals surface area contributed by atoms with Crippen molar-refractivity contribution < 1.29 is 29.0 Å². The van der Waals surface area contributed by atoms with Crippen molar-refractivity contribution in [3.63, 3.8) is 0 Å². The van der Waals surface area contributed by atoms with Crippen molar-refractivity contribution in [3.8, 4) is 5.69 Å². The van der Waals surface area contributed by atoms with E-state index in [9.17, 15) is 24.3 Å². The number of aromatic nitrogens is 5. The Balaban J connectivity index is 1.23. The van der Waals surface area contributed by atoms with Crippen molar-refractivity contribution in [1.82, 2.24) is 24.8 Å². The number of rotatable bonds is 13. The van der Waals surface area contributed by atoms with Gasteiger partial charge in [-0.3, -0.25) is 24.2 Å². The number of aryl methyl sites for hydroxylation is 1. The molecule has 278 valence electrons. The summed E-state index contributed by atoms with van der Waals surface area (Å²) in [5.41, 5.74) is 2.22. The number of amides is 1. The number of H-pyrrole nitrogens is 1. The van der Waals surface area contributed by atoms with Crippen molar-refractivity contribution in [1.29, 1.82) is 0 Å². The maximum Gasteiger partial charge on any atom is 0.305 e. The summed E-state index contributed by atoms with van der Waals surface area (Å²) in [6, 6.07) is 22.5. The van der Waals surface area contributed by atoms with E-state index in [4.69, 9.17) is 9.47 Å². The molecule has 0 aliphatic carbocycles. The van der Waals surface area contributed by atoms with E-state index in [0.717, 1.165) is 5.56 Å². The number of hydrogen-bond donors (Lipinski definition) is 3. The van der Waals surface area contributed by atoms with Crippen LogP contribution in [0.15, 0.2) is 83.8 Å². The van der Waals surface area contributed by atoms with Crippen molar-refractivity contribution in [2.45, 2.75) is 75.4 Å². The summed E-state index contributed by atoms with van der Waals surface area (Å²) >= 11 is 0. The van der Waals surface area contributed by atoms with E-state index in [1.807, 2.05) is 92.9 Å². The number of carbonyl (C=O) groups is 2. The molecule has 7 rings (SSSR count). The molecule has 14 heteroatoms. The topological polar surface area (TPSA) is 165 Å². The van der Waals surface area contributed by atoms with Crippen LogP contribution in [-0.2, 0) is 31.2 Å². The molecular weight excluding hydrogens is 693 g/mol. The molecule has 13 nitrogen and oxygen atoms in total. The Morgan fingerprint density at radius 3 is 2.53 bits per heavy atom. The smallest absolute Gasteiger partial charge is 0.305 e. The van der Waals surface area contributed by atoms with Gasteiger partial charge in [0.2, 0.25) is 0 Å². The molecule has 1 spiro atoms. The van der Waals surface area contributed by atoms with Crippen LogP contribution in [-0.4, -0.2) is 81.2 Å². The fourth-order valence-corrected chi connectivity index (χ4v) is 11.1. The number of methoxy groups -OCH3 is 1. The summed E-state index contributed by atoms with van der Waals surface area (Å²) in [4.78, 5) is 53.8. The predicted molar refractivity (Wildman–Crippen MR) is 201 cm³/mol. The van der Waals surface area contributed by atoms with Gasteiger partial charge in [-0.25, -0.2) is 4.68 Å². The molecule has 0 saturated carbocycles. The fourth-order valence-electron chi connectivity index (χ4n) is 8.48. The summed E-state index contributed by atoms with van der Waals surface area (Å²) in [5.74, 6) is -1.26. The standard InChI is InChI=1S/C39H46N6O7Si/c1-25-36(53(3,4)50)34(19-21-43-23-32(40-42-43)29(24-46)26-12-6-5-7-13-26)52-39(25)30-22-27(45-37(48)28-14-8-9-15-31(28)41-45)17-18-33(30)44(38(39)49)20-11-10-16-35(47)51-2/h5-9,12-15,17-18,22-23,25,29,34,36,41,46,50H,10-11,16,19-21,24H2,1-4H3/t25-,29?,34+,36-,39+/m0/s1. The molecule has 3 N–H and O–H groups in total. The number of para-hydroxylation sites is 1. The second-order valence-electron chi connectivity index (χ2n) is 14.7. The van der Waals surface area contributed by atoms with Gasteiger partial charge in [-0.05, 0) is 68.3 Å². The van der Waals surface area contributed by atoms with E-state index in [2.05, 4.69) is 15.4 Å². The van der Waals surface area contributed by atoms with Gasteiger partial charge < -0.3 is 24.3 Å². The molecule has 53 heavy (non-hydrogen) atoms. The number of nitrogens with one attached hydrogen (secondary N) is 1. The number of unbranched alkanes of at least 4 members (excludes halogenated alkanes) is 1. The molecule has 5 aromatic rings. The minimum atomic E-state index is -2.96. The first-order valence-corrected chi connectivity index (χ1v) is 21.2. The van der Waals surface area contributed by atoms with Crippen molar-refractivity contribution >= 4 is 36.8 Å². The lowest BCUT2D eigenvalue weighted by Crippen LogP contribution is -2.46. The normalized spacial score (nSPS) is 21.8. The van der Waals surface area contributed by atoms with Crippen LogP contribution in [0.4, 0.5) is 5.69 Å². The van der Waals surface area contributed by atoms with Gasteiger partial charge in [-0.15, -0.1) is 5.10 Å². The number of aliphatic hydroxyl groups is 1. The number of nitrogens with zero attached hydrogens (tertiary/aromatic N) is 5. The fraction of sp³-hybridized carbons (Fsp3) is 0.410. The van der Waals surface area contributed by atoms with Crippen LogP contribution in [0, 0.1) is 5.92 Å². The van der Waals surface area contributed by atoms with Gasteiger partial charge in [0, 0.05) is 42.7 Å². The Labute approximate surface area is 308 Å². The van der Waals surface area contributed by atoms with Gasteiger partial charge in [0.1, 0.15) is 0 Å². The van der Waals surface area contributed by atoms with Crippen molar-refractivity contribution in [3.05, 3.63) is 106 Å². The summed E-state index contributed by atoms with van der Waals surface area (Å²) < 4.78 is 15.1. The van der Waals surface area contributed by atoms with Crippen LogP contribution in [0.3, 0.4) is 0 Å². The first kappa shape index (κ1) is 36.5. The number of aliphatic hydroxyl groups excluding tert-OH is 1. The Morgan fingerprint density at radius 1 is 1.06 bits per heavy atom. The quantitative estimate of drug-likeness (QED) is 0.0889. The lowest BCUT2D eigenvalue weighted by atomic mass is 9.82. The van der Waals surface area contributed by atoms with Crippen LogP contribution < -0.4 is 10.5 Å². The highest BCUT2D eigenvalue weighted by Gasteiger charge is 2.66. The zero-order valence-corrected chi connectivity index (χ0v) is 31.4. The largest absolute Gasteiger partial charge is 0.469 e. The van der Waals surface area contributed by atoms with E-state index < -0.39 is 25.9 Å². The molecule has 4 heterocycles. The molecule has 1 fully saturated rings. The molecule has 2 aliphatic rings. The number of aromatic amines is 1. The number of benzene rings is 3. The van der Waals surface area contributed by atoms with Crippen LogP contribution >= 0.6 is 0 Å². The van der Waals surface area contributed by atoms with E-state index >= 15 is 0 Å². The van der Waals surface area contributed by atoms with Gasteiger partial charge >= 0.3 is 5.97 Å². The van der Waals surface area contributed by atoms with Gasteiger partial charge in [-0.1, -0.05) is 54.6 Å². The SMILES string of the molecule is COC(=O)CCCCN1C(=O)[C@]2(O[C@H](CCn3cc(C(CO)c4ccccc4)nn3)[C@@H]([Si](C)(C)O)[C@@H]2C)c2cc(-n3[nH]c4ccccc4c3=O)ccc21. The Hall–Kier alpha value is -4.89.